The molecule has 0 atom stereocenters. The summed E-state index contributed by atoms with van der Waals surface area (Å²) in [6.07, 6.45) is 2.08. The number of hydrogen-bond acceptors (Lipinski definition) is 1. The molecule has 0 saturated heterocycles. The zero-order valence-electron chi connectivity index (χ0n) is 18.7. The van der Waals surface area contributed by atoms with Crippen LogP contribution in [0.1, 0.15) is 5.56 Å². The number of hydrogen-bond donors (Lipinski definition) is 0. The van der Waals surface area contributed by atoms with E-state index in [0.29, 0.717) is 0 Å². The molecule has 2 heterocycles. The van der Waals surface area contributed by atoms with Crippen LogP contribution in [-0.2, 0) is 7.05 Å². The molecule has 0 aliphatic heterocycles. The SMILES string of the molecule is Cc1ccc2c(oc3cccc(-c4ccc(-c5ccccc5)cc4)c32)c1-c1cccc[n+]1C. The average molecular weight is 427 g/mol. The first-order valence-corrected chi connectivity index (χ1v) is 11.3. The fourth-order valence-corrected chi connectivity index (χ4v) is 4.80. The molecule has 0 unspecified atom stereocenters. The number of aromatic nitrogens is 1. The van der Waals surface area contributed by atoms with Gasteiger partial charge in [-0.25, -0.2) is 4.57 Å². The van der Waals surface area contributed by atoms with Crippen molar-refractivity contribution >= 4 is 21.9 Å². The second kappa shape index (κ2) is 7.75. The van der Waals surface area contributed by atoms with Gasteiger partial charge in [0.25, 0.3) is 0 Å². The first-order valence-electron chi connectivity index (χ1n) is 11.3. The van der Waals surface area contributed by atoms with E-state index >= 15 is 0 Å². The van der Waals surface area contributed by atoms with Crippen LogP contribution in [0.25, 0.3) is 55.4 Å². The van der Waals surface area contributed by atoms with Crippen molar-refractivity contribution < 1.29 is 8.98 Å². The lowest BCUT2D eigenvalue weighted by Gasteiger charge is -2.07. The Morgan fingerprint density at radius 1 is 0.636 bits per heavy atom. The van der Waals surface area contributed by atoms with Crippen LogP contribution in [-0.4, -0.2) is 0 Å². The number of aryl methyl sites for hydroxylation is 2. The van der Waals surface area contributed by atoms with Gasteiger partial charge in [-0.1, -0.05) is 78.9 Å². The van der Waals surface area contributed by atoms with Gasteiger partial charge in [0.1, 0.15) is 18.2 Å². The Balaban J connectivity index is 1.56. The van der Waals surface area contributed by atoms with Gasteiger partial charge >= 0.3 is 0 Å². The summed E-state index contributed by atoms with van der Waals surface area (Å²) in [5.41, 5.74) is 10.2. The van der Waals surface area contributed by atoms with Gasteiger partial charge < -0.3 is 4.42 Å². The van der Waals surface area contributed by atoms with Crippen molar-refractivity contribution in [2.45, 2.75) is 6.92 Å². The molecule has 33 heavy (non-hydrogen) atoms. The van der Waals surface area contributed by atoms with Crippen LogP contribution in [0.2, 0.25) is 0 Å². The van der Waals surface area contributed by atoms with Gasteiger partial charge in [-0.15, -0.1) is 0 Å². The summed E-state index contributed by atoms with van der Waals surface area (Å²) in [6.45, 7) is 2.15. The van der Waals surface area contributed by atoms with Gasteiger partial charge in [-0.05, 0) is 46.9 Å². The molecule has 0 spiro atoms. The molecule has 2 aromatic heterocycles. The molecule has 0 amide bonds. The summed E-state index contributed by atoms with van der Waals surface area (Å²) in [4.78, 5) is 0. The van der Waals surface area contributed by atoms with Gasteiger partial charge in [0, 0.05) is 22.9 Å². The van der Waals surface area contributed by atoms with Crippen molar-refractivity contribution in [1.29, 1.82) is 0 Å². The Bertz CT molecular complexity index is 1610. The van der Waals surface area contributed by atoms with Crippen LogP contribution in [0.5, 0.6) is 0 Å². The van der Waals surface area contributed by atoms with Crippen molar-refractivity contribution in [2.75, 3.05) is 0 Å². The molecule has 6 rings (SSSR count). The number of furan rings is 1. The van der Waals surface area contributed by atoms with Crippen LogP contribution in [0, 0.1) is 6.92 Å². The third-order valence-electron chi connectivity index (χ3n) is 6.49. The van der Waals surface area contributed by atoms with Crippen molar-refractivity contribution in [1.82, 2.24) is 0 Å². The van der Waals surface area contributed by atoms with E-state index in [1.165, 1.54) is 33.2 Å². The Kier molecular flexibility index (Phi) is 4.58. The smallest absolute Gasteiger partial charge is 0.216 e. The second-order valence-electron chi connectivity index (χ2n) is 8.56. The van der Waals surface area contributed by atoms with Crippen LogP contribution in [0.4, 0.5) is 0 Å². The predicted octanol–water partition coefficient (Wildman–Crippen LogP) is 7.72. The van der Waals surface area contributed by atoms with Gasteiger partial charge in [0.05, 0.1) is 5.56 Å². The molecule has 0 aliphatic carbocycles. The number of rotatable bonds is 3. The molecular weight excluding hydrogens is 402 g/mol. The average Bonchev–Trinajstić information content (AvgIpc) is 3.24. The topological polar surface area (TPSA) is 17.0 Å². The minimum Gasteiger partial charge on any atom is -0.455 e. The standard InChI is InChI=1S/C31H24NO/c1-21-14-19-26-30-25(24-17-15-23(16-18-24)22-9-4-3-5-10-22)11-8-13-28(30)33-31(26)29(21)27-12-6-7-20-32(27)2/h3-20H,1-2H3/q+1. The highest BCUT2D eigenvalue weighted by Crippen LogP contribution is 2.41. The third kappa shape index (κ3) is 3.23. The molecule has 2 heteroatoms. The summed E-state index contributed by atoms with van der Waals surface area (Å²) < 4.78 is 8.67. The van der Waals surface area contributed by atoms with E-state index in [1.54, 1.807) is 0 Å². The molecule has 0 N–H and O–H groups in total. The zero-order valence-corrected chi connectivity index (χ0v) is 18.7. The largest absolute Gasteiger partial charge is 0.455 e. The molecule has 0 bridgehead atoms. The fraction of sp³-hybridized carbons (Fsp3) is 0.0645. The van der Waals surface area contributed by atoms with Gasteiger partial charge in [-0.3, -0.25) is 0 Å². The number of benzene rings is 4. The molecule has 158 valence electrons. The minimum atomic E-state index is 0.917. The Morgan fingerprint density at radius 2 is 1.36 bits per heavy atom. The quantitative estimate of drug-likeness (QED) is 0.265. The maximum Gasteiger partial charge on any atom is 0.216 e. The normalized spacial score (nSPS) is 11.3. The Hall–Kier alpha value is -4.17. The van der Waals surface area contributed by atoms with E-state index in [9.17, 15) is 0 Å². The number of fused-ring (bicyclic) bond motifs is 3. The molecule has 0 radical (unpaired) electrons. The van der Waals surface area contributed by atoms with E-state index in [-0.39, 0.29) is 0 Å². The molecule has 0 saturated carbocycles. The van der Waals surface area contributed by atoms with E-state index < -0.39 is 0 Å². The molecule has 4 aromatic carbocycles. The van der Waals surface area contributed by atoms with Crippen LogP contribution >= 0.6 is 0 Å². The van der Waals surface area contributed by atoms with Crippen LogP contribution in [0.15, 0.2) is 114 Å². The maximum absolute atomic E-state index is 6.52. The molecule has 2 nitrogen and oxygen atoms in total. The van der Waals surface area contributed by atoms with Gasteiger partial charge in [-0.2, -0.15) is 0 Å². The summed E-state index contributed by atoms with van der Waals surface area (Å²) >= 11 is 0. The van der Waals surface area contributed by atoms with Crippen LogP contribution in [0.3, 0.4) is 0 Å². The van der Waals surface area contributed by atoms with E-state index in [2.05, 4.69) is 122 Å². The van der Waals surface area contributed by atoms with Gasteiger partial charge in [0.15, 0.2) is 6.20 Å². The summed E-state index contributed by atoms with van der Waals surface area (Å²) in [5, 5.41) is 2.32. The highest BCUT2D eigenvalue weighted by atomic mass is 16.3. The Morgan fingerprint density at radius 3 is 2.15 bits per heavy atom. The molecule has 6 aromatic rings. The first-order chi connectivity index (χ1) is 16.2. The predicted molar refractivity (Wildman–Crippen MR) is 136 cm³/mol. The van der Waals surface area contributed by atoms with Crippen molar-refractivity contribution in [3.8, 4) is 33.5 Å². The van der Waals surface area contributed by atoms with E-state index in [0.717, 1.165) is 27.8 Å². The summed E-state index contributed by atoms with van der Waals surface area (Å²) in [6, 6.07) is 36.3. The van der Waals surface area contributed by atoms with Crippen LogP contribution < -0.4 is 4.57 Å². The number of pyridine rings is 1. The lowest BCUT2D eigenvalue weighted by Crippen LogP contribution is -2.30. The van der Waals surface area contributed by atoms with E-state index in [1.807, 2.05) is 6.07 Å². The summed E-state index contributed by atoms with van der Waals surface area (Å²) in [7, 11) is 2.08. The molecule has 0 fully saturated rings. The lowest BCUT2D eigenvalue weighted by molar-refractivity contribution is -0.660. The van der Waals surface area contributed by atoms with Gasteiger partial charge in [0.2, 0.25) is 5.69 Å². The Labute approximate surface area is 193 Å². The lowest BCUT2D eigenvalue weighted by atomic mass is 9.95. The van der Waals surface area contributed by atoms with E-state index in [4.69, 9.17) is 4.42 Å². The molecular formula is C31H24NO+. The third-order valence-corrected chi connectivity index (χ3v) is 6.49. The minimum absolute atomic E-state index is 0.917. The maximum atomic E-state index is 6.52. The zero-order chi connectivity index (χ0) is 22.4. The number of nitrogens with zero attached hydrogens (tertiary/aromatic N) is 1. The van der Waals surface area contributed by atoms with Crippen molar-refractivity contribution in [3.05, 3.63) is 115 Å². The fourth-order valence-electron chi connectivity index (χ4n) is 4.80. The van der Waals surface area contributed by atoms with Crippen molar-refractivity contribution in [2.24, 2.45) is 7.05 Å². The highest BCUT2D eigenvalue weighted by molar-refractivity contribution is 6.15. The molecule has 0 aliphatic rings. The van der Waals surface area contributed by atoms with Crippen molar-refractivity contribution in [3.63, 3.8) is 0 Å². The second-order valence-corrected chi connectivity index (χ2v) is 8.56. The monoisotopic (exact) mass is 426 g/mol. The first kappa shape index (κ1) is 19.5. The highest BCUT2D eigenvalue weighted by Gasteiger charge is 2.21. The summed E-state index contributed by atoms with van der Waals surface area (Å²) in [5.74, 6) is 0.